The van der Waals surface area contributed by atoms with Crippen LogP contribution in [0, 0.1) is 10.1 Å². The molecule has 0 aliphatic heterocycles. The van der Waals surface area contributed by atoms with Crippen LogP contribution in [0.3, 0.4) is 0 Å². The number of hydrogen-bond acceptors (Lipinski definition) is 6. The summed E-state index contributed by atoms with van der Waals surface area (Å²) in [5, 5.41) is 14.3. The molecule has 0 bridgehead atoms. The zero-order valence-electron chi connectivity index (χ0n) is 12.5. The van der Waals surface area contributed by atoms with E-state index in [2.05, 4.69) is 10.0 Å². The van der Waals surface area contributed by atoms with Gasteiger partial charge in [-0.1, -0.05) is 11.2 Å². The molecule has 0 heterocycles. The molecule has 0 saturated heterocycles. The summed E-state index contributed by atoms with van der Waals surface area (Å²) in [4.78, 5) is 24.5. The zero-order chi connectivity index (χ0) is 16.8. The molecule has 1 aromatic rings. The molecule has 118 valence electrons. The highest BCUT2D eigenvalue weighted by molar-refractivity contribution is 5.71. The van der Waals surface area contributed by atoms with Gasteiger partial charge in [0.25, 0.3) is 0 Å². The second-order valence-electron chi connectivity index (χ2n) is 5.32. The lowest BCUT2D eigenvalue weighted by atomic mass is 10.2. The van der Waals surface area contributed by atoms with Crippen molar-refractivity contribution in [2.45, 2.75) is 32.9 Å². The fourth-order valence-electron chi connectivity index (χ4n) is 1.54. The van der Waals surface area contributed by atoms with Crippen molar-refractivity contribution in [3.63, 3.8) is 0 Å². The van der Waals surface area contributed by atoms with Crippen molar-refractivity contribution in [3.8, 4) is 5.75 Å². The first-order valence-corrected chi connectivity index (χ1v) is 6.36. The largest absolute Gasteiger partial charge is 0.475 e. The van der Waals surface area contributed by atoms with Gasteiger partial charge in [0.05, 0.1) is 11.5 Å². The number of ether oxygens (including phenoxy) is 2. The van der Waals surface area contributed by atoms with Gasteiger partial charge in [0.2, 0.25) is 0 Å². The van der Waals surface area contributed by atoms with Gasteiger partial charge in [-0.25, -0.2) is 4.79 Å². The number of hydrogen-bond donors (Lipinski definition) is 0. The van der Waals surface area contributed by atoms with Crippen molar-refractivity contribution >= 4 is 11.7 Å². The Morgan fingerprint density at radius 2 is 2.14 bits per heavy atom. The predicted octanol–water partition coefficient (Wildman–Crippen LogP) is 3.13. The lowest BCUT2D eigenvalue weighted by molar-refractivity contribution is -0.385. The fourth-order valence-corrected chi connectivity index (χ4v) is 1.54. The molecular weight excluding hydrogens is 292 g/mol. The Morgan fingerprint density at radius 1 is 1.45 bits per heavy atom. The molecule has 1 rings (SSSR count). The Bertz CT molecular complexity index is 617. The molecule has 0 aliphatic rings. The molecule has 0 amide bonds. The third-order valence-corrected chi connectivity index (χ3v) is 2.30. The molecule has 0 unspecified atom stereocenters. The van der Waals surface area contributed by atoms with E-state index in [1.807, 2.05) is 0 Å². The van der Waals surface area contributed by atoms with Gasteiger partial charge in [-0.3, -0.25) is 10.1 Å². The first-order valence-electron chi connectivity index (χ1n) is 6.36. The third-order valence-electron chi connectivity index (χ3n) is 2.30. The summed E-state index contributed by atoms with van der Waals surface area (Å²) in [5.74, 6) is -0.719. The summed E-state index contributed by atoms with van der Waals surface area (Å²) in [6.07, 6.45) is 0. The maximum Gasteiger partial charge on any atom is 0.344 e. The van der Waals surface area contributed by atoms with E-state index in [1.165, 1.54) is 18.2 Å². The average Bonchev–Trinajstić information content (AvgIpc) is 2.40. The Balaban J connectivity index is 2.88. The topological polar surface area (TPSA) is 127 Å². The first kappa shape index (κ1) is 17.3. The minimum absolute atomic E-state index is 0.0251. The van der Waals surface area contributed by atoms with Crippen LogP contribution in [0.5, 0.6) is 5.75 Å². The van der Waals surface area contributed by atoms with E-state index in [0.717, 1.165) is 0 Å². The standard InChI is InChI=1S/C13H16N4O5/c1-13(2,3)22-12(18)8-21-11-6-9(7-15-16-14)4-5-10(11)17(19)20/h4-6H,7-8H2,1-3H3. The number of nitro benzene ring substituents is 1. The molecule has 9 heteroatoms. The van der Waals surface area contributed by atoms with E-state index in [4.69, 9.17) is 15.0 Å². The molecule has 0 radical (unpaired) electrons. The summed E-state index contributed by atoms with van der Waals surface area (Å²) in [6.45, 7) is 4.68. The Morgan fingerprint density at radius 3 is 2.68 bits per heavy atom. The molecule has 0 aromatic heterocycles. The fraction of sp³-hybridized carbons (Fsp3) is 0.462. The Hall–Kier alpha value is -2.80. The highest BCUT2D eigenvalue weighted by Crippen LogP contribution is 2.28. The quantitative estimate of drug-likeness (QED) is 0.199. The van der Waals surface area contributed by atoms with Gasteiger partial charge in [-0.15, -0.1) is 0 Å². The second kappa shape index (κ2) is 7.28. The van der Waals surface area contributed by atoms with Crippen molar-refractivity contribution in [2.24, 2.45) is 5.11 Å². The number of rotatable bonds is 6. The highest BCUT2D eigenvalue weighted by Gasteiger charge is 2.20. The maximum atomic E-state index is 11.6. The van der Waals surface area contributed by atoms with Crippen LogP contribution in [0.1, 0.15) is 26.3 Å². The van der Waals surface area contributed by atoms with E-state index in [1.54, 1.807) is 20.8 Å². The molecule has 9 nitrogen and oxygen atoms in total. The molecule has 1 aromatic carbocycles. The molecule has 0 fully saturated rings. The van der Waals surface area contributed by atoms with Crippen molar-refractivity contribution in [1.29, 1.82) is 0 Å². The highest BCUT2D eigenvalue weighted by atomic mass is 16.6. The summed E-state index contributed by atoms with van der Waals surface area (Å²) < 4.78 is 10.2. The summed E-state index contributed by atoms with van der Waals surface area (Å²) >= 11 is 0. The van der Waals surface area contributed by atoms with E-state index < -0.39 is 23.1 Å². The number of nitrogens with zero attached hydrogens (tertiary/aromatic N) is 4. The molecule has 0 N–H and O–H groups in total. The lowest BCUT2D eigenvalue weighted by Gasteiger charge is -2.19. The smallest absolute Gasteiger partial charge is 0.344 e. The molecule has 0 atom stereocenters. The minimum atomic E-state index is -0.671. The first-order chi connectivity index (χ1) is 10.2. The van der Waals surface area contributed by atoms with E-state index >= 15 is 0 Å². The normalized spacial score (nSPS) is 10.5. The van der Waals surface area contributed by atoms with E-state index in [0.29, 0.717) is 5.56 Å². The zero-order valence-corrected chi connectivity index (χ0v) is 12.5. The van der Waals surface area contributed by atoms with Crippen LogP contribution in [0.2, 0.25) is 0 Å². The number of benzene rings is 1. The minimum Gasteiger partial charge on any atom is -0.475 e. The third kappa shape index (κ3) is 5.68. The average molecular weight is 308 g/mol. The van der Waals surface area contributed by atoms with Crippen molar-refractivity contribution in [1.82, 2.24) is 0 Å². The Kier molecular flexibility index (Phi) is 5.71. The number of azide groups is 1. The van der Waals surface area contributed by atoms with Crippen molar-refractivity contribution in [3.05, 3.63) is 44.3 Å². The SMILES string of the molecule is CC(C)(C)OC(=O)COc1cc(CN=[N+]=[N-])ccc1[N+](=O)[O-]. The van der Waals surface area contributed by atoms with Crippen molar-refractivity contribution in [2.75, 3.05) is 6.61 Å². The van der Waals surface area contributed by atoms with E-state index in [9.17, 15) is 14.9 Å². The second-order valence-corrected chi connectivity index (χ2v) is 5.32. The van der Waals surface area contributed by atoms with Crippen LogP contribution in [-0.2, 0) is 16.1 Å². The molecule has 0 spiro atoms. The van der Waals surface area contributed by atoms with Gasteiger partial charge in [0.15, 0.2) is 12.4 Å². The van der Waals surface area contributed by atoms with E-state index in [-0.39, 0.29) is 18.0 Å². The lowest BCUT2D eigenvalue weighted by Crippen LogP contribution is -2.27. The van der Waals surface area contributed by atoms with Gasteiger partial charge < -0.3 is 9.47 Å². The van der Waals surface area contributed by atoms with Gasteiger partial charge in [0, 0.05) is 11.0 Å². The number of esters is 1. The predicted molar refractivity (Wildman–Crippen MR) is 77.3 cm³/mol. The molecule has 0 aliphatic carbocycles. The van der Waals surface area contributed by atoms with Crippen LogP contribution in [-0.4, -0.2) is 23.1 Å². The number of nitro groups is 1. The molecular formula is C13H16N4O5. The Labute approximate surface area is 126 Å². The maximum absolute atomic E-state index is 11.6. The van der Waals surface area contributed by atoms with Crippen LogP contribution in [0.4, 0.5) is 5.69 Å². The monoisotopic (exact) mass is 308 g/mol. The van der Waals surface area contributed by atoms with Gasteiger partial charge in [-0.2, -0.15) is 0 Å². The number of carbonyl (C=O) groups excluding carboxylic acids is 1. The molecule has 22 heavy (non-hydrogen) atoms. The van der Waals surface area contributed by atoms with Crippen LogP contribution in [0.15, 0.2) is 23.3 Å². The summed E-state index contributed by atoms with van der Waals surface area (Å²) in [6, 6.07) is 4.04. The van der Waals surface area contributed by atoms with Crippen LogP contribution in [0.25, 0.3) is 10.4 Å². The van der Waals surface area contributed by atoms with Gasteiger partial charge >= 0.3 is 11.7 Å². The molecule has 0 saturated carbocycles. The van der Waals surface area contributed by atoms with Crippen LogP contribution >= 0.6 is 0 Å². The van der Waals surface area contributed by atoms with Crippen molar-refractivity contribution < 1.29 is 19.2 Å². The summed E-state index contributed by atoms with van der Waals surface area (Å²) in [7, 11) is 0. The van der Waals surface area contributed by atoms with Gasteiger partial charge in [0.1, 0.15) is 5.60 Å². The summed E-state index contributed by atoms with van der Waals surface area (Å²) in [5.41, 5.74) is 7.86. The van der Waals surface area contributed by atoms with Gasteiger partial charge in [-0.05, 0) is 37.9 Å². The number of carbonyl (C=O) groups is 1. The van der Waals surface area contributed by atoms with Crippen LogP contribution < -0.4 is 4.74 Å².